The van der Waals surface area contributed by atoms with Gasteiger partial charge in [-0.15, -0.1) is 0 Å². The van der Waals surface area contributed by atoms with Gasteiger partial charge in [-0.05, 0) is 77.0 Å². The fourth-order valence-corrected chi connectivity index (χ4v) is 7.33. The number of carbonyl (C=O) groups excluding carboxylic acids is 3. The molecular weight excluding hydrogens is 757 g/mol. The predicted octanol–water partition coefficient (Wildman–Crippen LogP) is 17.1. The Kier molecular flexibility index (Phi) is 47.9. The van der Waals surface area contributed by atoms with Crippen LogP contribution < -0.4 is 0 Å². The van der Waals surface area contributed by atoms with E-state index in [1.165, 1.54) is 128 Å². The summed E-state index contributed by atoms with van der Waals surface area (Å²) in [6, 6.07) is 0. The summed E-state index contributed by atoms with van der Waals surface area (Å²) in [5, 5.41) is 0. The molecule has 1 atom stereocenters. The summed E-state index contributed by atoms with van der Waals surface area (Å²) < 4.78 is 16.8. The smallest absolute Gasteiger partial charge is 0.306 e. The van der Waals surface area contributed by atoms with E-state index in [0.717, 1.165) is 96.3 Å². The zero-order chi connectivity index (χ0) is 44.4. The highest BCUT2D eigenvalue weighted by Gasteiger charge is 2.19. The summed E-state index contributed by atoms with van der Waals surface area (Å²) in [6.45, 7) is 6.54. The van der Waals surface area contributed by atoms with E-state index in [0.29, 0.717) is 19.3 Å². The van der Waals surface area contributed by atoms with Crippen LogP contribution in [0.25, 0.3) is 0 Å². The second-order valence-electron chi connectivity index (χ2n) is 17.4. The molecule has 0 aromatic heterocycles. The van der Waals surface area contributed by atoms with Gasteiger partial charge in [0.05, 0.1) is 0 Å². The third-order valence-corrected chi connectivity index (χ3v) is 11.3. The van der Waals surface area contributed by atoms with Gasteiger partial charge in [0.2, 0.25) is 0 Å². The van der Waals surface area contributed by atoms with Gasteiger partial charge in [0.15, 0.2) is 6.10 Å². The first kappa shape index (κ1) is 58.4. The second-order valence-corrected chi connectivity index (χ2v) is 17.4. The van der Waals surface area contributed by atoms with Crippen molar-refractivity contribution in [2.75, 3.05) is 13.2 Å². The first-order chi connectivity index (χ1) is 30.0. The Morgan fingerprint density at radius 2 is 0.623 bits per heavy atom. The van der Waals surface area contributed by atoms with E-state index >= 15 is 0 Å². The third-order valence-electron chi connectivity index (χ3n) is 11.3. The number of hydrogen-bond acceptors (Lipinski definition) is 6. The number of ether oxygens (including phenoxy) is 3. The lowest BCUT2D eigenvalue weighted by atomic mass is 10.1. The van der Waals surface area contributed by atoms with Crippen LogP contribution >= 0.6 is 0 Å². The molecule has 0 saturated carbocycles. The van der Waals surface area contributed by atoms with Gasteiger partial charge in [0.1, 0.15) is 13.2 Å². The summed E-state index contributed by atoms with van der Waals surface area (Å²) in [6.07, 6.45) is 59.5. The van der Waals surface area contributed by atoms with E-state index in [1.807, 2.05) is 0 Å². The van der Waals surface area contributed by atoms with Gasteiger partial charge in [-0.1, -0.05) is 217 Å². The molecule has 0 aromatic rings. The highest BCUT2D eigenvalue weighted by molar-refractivity contribution is 5.71. The normalized spacial score (nSPS) is 12.4. The molecular formula is C55H98O6. The molecule has 0 spiro atoms. The molecule has 0 saturated heterocycles. The van der Waals surface area contributed by atoms with Crippen molar-refractivity contribution in [1.82, 2.24) is 0 Å². The largest absolute Gasteiger partial charge is 0.462 e. The van der Waals surface area contributed by atoms with E-state index in [9.17, 15) is 14.4 Å². The van der Waals surface area contributed by atoms with Gasteiger partial charge in [0, 0.05) is 19.3 Å². The van der Waals surface area contributed by atoms with E-state index in [-0.39, 0.29) is 31.1 Å². The van der Waals surface area contributed by atoms with Crippen LogP contribution in [-0.2, 0) is 28.6 Å². The van der Waals surface area contributed by atoms with Crippen molar-refractivity contribution >= 4 is 17.9 Å². The number of hydrogen-bond donors (Lipinski definition) is 0. The van der Waals surface area contributed by atoms with Gasteiger partial charge < -0.3 is 14.2 Å². The molecule has 0 N–H and O–H groups in total. The minimum absolute atomic E-state index is 0.0780. The Bertz CT molecular complexity index is 1070. The average Bonchev–Trinajstić information content (AvgIpc) is 3.26. The zero-order valence-corrected chi connectivity index (χ0v) is 40.4. The van der Waals surface area contributed by atoms with Crippen molar-refractivity contribution in [3.05, 3.63) is 48.6 Å². The van der Waals surface area contributed by atoms with Gasteiger partial charge in [-0.3, -0.25) is 14.4 Å². The first-order valence-corrected chi connectivity index (χ1v) is 26.1. The van der Waals surface area contributed by atoms with Gasteiger partial charge >= 0.3 is 17.9 Å². The van der Waals surface area contributed by atoms with Gasteiger partial charge in [-0.25, -0.2) is 0 Å². The van der Waals surface area contributed by atoms with E-state index < -0.39 is 6.10 Å². The molecule has 354 valence electrons. The quantitative estimate of drug-likeness (QED) is 0.0263. The number of allylic oxidation sites excluding steroid dienone is 8. The molecule has 0 fully saturated rings. The Labute approximate surface area is 378 Å². The Hall–Kier alpha value is -2.63. The van der Waals surface area contributed by atoms with Crippen LogP contribution in [0.15, 0.2) is 48.6 Å². The molecule has 61 heavy (non-hydrogen) atoms. The lowest BCUT2D eigenvalue weighted by Crippen LogP contribution is -2.30. The van der Waals surface area contributed by atoms with Crippen LogP contribution in [0.3, 0.4) is 0 Å². The van der Waals surface area contributed by atoms with Crippen molar-refractivity contribution in [3.8, 4) is 0 Å². The van der Waals surface area contributed by atoms with Crippen molar-refractivity contribution in [2.45, 2.75) is 271 Å². The zero-order valence-electron chi connectivity index (χ0n) is 40.4. The molecule has 0 heterocycles. The standard InChI is InChI=1S/C55H98O6/c1-4-7-10-13-16-19-22-24-25-26-27-28-29-31-33-36-39-42-45-48-54(57)60-51-52(50-59-53(56)47-44-41-38-35-32-21-18-15-12-9-6-3)61-55(58)49-46-43-40-37-34-30-23-20-17-14-11-8-5-2/h11,14,16,19-20,23-25,52H,4-10,12-13,15,17-18,21-22,26-51H2,1-3H3/b14-11-,19-16-,23-20-,25-24-. The number of rotatable bonds is 47. The molecule has 0 aliphatic rings. The molecule has 0 aromatic carbocycles. The number of unbranched alkanes of at least 4 members (excludes halogenated alkanes) is 28. The van der Waals surface area contributed by atoms with Crippen LogP contribution in [0, 0.1) is 0 Å². The molecule has 6 heteroatoms. The highest BCUT2D eigenvalue weighted by Crippen LogP contribution is 2.15. The molecule has 6 nitrogen and oxygen atoms in total. The Morgan fingerprint density at radius 3 is 1.00 bits per heavy atom. The summed E-state index contributed by atoms with van der Waals surface area (Å²) in [5.74, 6) is -0.891. The molecule has 0 rings (SSSR count). The van der Waals surface area contributed by atoms with Crippen LogP contribution in [0.4, 0.5) is 0 Å². The maximum atomic E-state index is 12.8. The van der Waals surface area contributed by atoms with Gasteiger partial charge in [0.25, 0.3) is 0 Å². The maximum absolute atomic E-state index is 12.8. The number of esters is 3. The predicted molar refractivity (Wildman–Crippen MR) is 261 cm³/mol. The SMILES string of the molecule is CCC/C=C\C/C=C\CCCCCCCC(=O)OC(COC(=O)CCCCCCCCCCC/C=C\C/C=C\CCCCC)COC(=O)CCCCCCCCCCCCC. The lowest BCUT2D eigenvalue weighted by Gasteiger charge is -2.18. The van der Waals surface area contributed by atoms with E-state index in [1.54, 1.807) is 0 Å². The van der Waals surface area contributed by atoms with Crippen LogP contribution in [-0.4, -0.2) is 37.2 Å². The van der Waals surface area contributed by atoms with Crippen molar-refractivity contribution < 1.29 is 28.6 Å². The highest BCUT2D eigenvalue weighted by atomic mass is 16.6. The van der Waals surface area contributed by atoms with Crippen LogP contribution in [0.2, 0.25) is 0 Å². The molecule has 0 radical (unpaired) electrons. The second kappa shape index (κ2) is 50.0. The Morgan fingerprint density at radius 1 is 0.328 bits per heavy atom. The molecule has 0 aliphatic heterocycles. The van der Waals surface area contributed by atoms with Crippen LogP contribution in [0.5, 0.6) is 0 Å². The van der Waals surface area contributed by atoms with E-state index in [4.69, 9.17) is 14.2 Å². The van der Waals surface area contributed by atoms with Crippen molar-refractivity contribution in [3.63, 3.8) is 0 Å². The fraction of sp³-hybridized carbons (Fsp3) is 0.800. The summed E-state index contributed by atoms with van der Waals surface area (Å²) in [5.41, 5.74) is 0. The molecule has 0 aliphatic carbocycles. The number of carbonyl (C=O) groups is 3. The van der Waals surface area contributed by atoms with E-state index in [2.05, 4.69) is 69.4 Å². The average molecular weight is 855 g/mol. The Balaban J connectivity index is 4.33. The van der Waals surface area contributed by atoms with Crippen molar-refractivity contribution in [2.24, 2.45) is 0 Å². The molecule has 0 bridgehead atoms. The van der Waals surface area contributed by atoms with Crippen molar-refractivity contribution in [1.29, 1.82) is 0 Å². The lowest BCUT2D eigenvalue weighted by molar-refractivity contribution is -0.167. The monoisotopic (exact) mass is 855 g/mol. The van der Waals surface area contributed by atoms with Crippen LogP contribution in [0.1, 0.15) is 265 Å². The summed E-state index contributed by atoms with van der Waals surface area (Å²) >= 11 is 0. The minimum Gasteiger partial charge on any atom is -0.462 e. The third kappa shape index (κ3) is 48.3. The summed E-state index contributed by atoms with van der Waals surface area (Å²) in [7, 11) is 0. The minimum atomic E-state index is -0.778. The molecule has 0 amide bonds. The summed E-state index contributed by atoms with van der Waals surface area (Å²) in [4.78, 5) is 37.9. The fourth-order valence-electron chi connectivity index (χ4n) is 7.33. The maximum Gasteiger partial charge on any atom is 0.306 e. The first-order valence-electron chi connectivity index (χ1n) is 26.1. The molecule has 1 unspecified atom stereocenters. The topological polar surface area (TPSA) is 78.9 Å². The van der Waals surface area contributed by atoms with Gasteiger partial charge in [-0.2, -0.15) is 0 Å².